The van der Waals surface area contributed by atoms with Crippen molar-refractivity contribution in [2.75, 3.05) is 18.8 Å². The van der Waals surface area contributed by atoms with E-state index in [1.54, 1.807) is 0 Å². The highest BCUT2D eigenvalue weighted by molar-refractivity contribution is 8.32. The van der Waals surface area contributed by atoms with Crippen molar-refractivity contribution in [3.8, 4) is 0 Å². The zero-order chi connectivity index (χ0) is 7.61. The summed E-state index contributed by atoms with van der Waals surface area (Å²) >= 11 is 0. The van der Waals surface area contributed by atoms with Gasteiger partial charge in [-0.2, -0.15) is 0 Å². The summed E-state index contributed by atoms with van der Waals surface area (Å²) in [5, 5.41) is 0. The fourth-order valence-corrected chi connectivity index (χ4v) is 1.67. The molecule has 0 aliphatic rings. The van der Waals surface area contributed by atoms with E-state index >= 15 is 0 Å². The lowest BCUT2D eigenvalue weighted by molar-refractivity contribution is 1.42. The standard InChI is InChI=1S/C9H13S/c1-10(2,3)9-7-5-4-6-8-9/h4-7H,1-3H3. The molecule has 1 heteroatoms. The van der Waals surface area contributed by atoms with E-state index < -0.39 is 10.0 Å². The molecular formula is C9H13S. The Kier molecular flexibility index (Phi) is 2.05. The zero-order valence-electron chi connectivity index (χ0n) is 6.72. The highest BCUT2D eigenvalue weighted by atomic mass is 32.3. The van der Waals surface area contributed by atoms with Crippen LogP contribution in [0.15, 0.2) is 29.2 Å². The fourth-order valence-electron chi connectivity index (χ4n) is 0.758. The van der Waals surface area contributed by atoms with Gasteiger partial charge in [0.15, 0.2) is 0 Å². The van der Waals surface area contributed by atoms with Crippen LogP contribution in [0.25, 0.3) is 0 Å². The minimum atomic E-state index is -0.558. The first-order chi connectivity index (χ1) is 4.61. The predicted molar refractivity (Wildman–Crippen MR) is 48.9 cm³/mol. The van der Waals surface area contributed by atoms with Gasteiger partial charge in [0.2, 0.25) is 0 Å². The maximum Gasteiger partial charge on any atom is -0.00271 e. The molecule has 10 heavy (non-hydrogen) atoms. The van der Waals surface area contributed by atoms with E-state index in [1.807, 2.05) is 12.1 Å². The minimum Gasteiger partial charge on any atom is -0.223 e. The Morgan fingerprint density at radius 3 is 2.20 bits per heavy atom. The maximum atomic E-state index is 3.25. The van der Waals surface area contributed by atoms with Crippen molar-refractivity contribution in [1.82, 2.24) is 0 Å². The third-order valence-corrected chi connectivity index (χ3v) is 2.91. The minimum absolute atomic E-state index is 0.558. The zero-order valence-corrected chi connectivity index (χ0v) is 7.53. The first-order valence-corrected chi connectivity index (χ1v) is 6.11. The molecular weight excluding hydrogens is 140 g/mol. The number of hydrogen-bond donors (Lipinski definition) is 0. The van der Waals surface area contributed by atoms with Crippen LogP contribution in [0.3, 0.4) is 0 Å². The third kappa shape index (κ3) is 1.77. The Bertz CT molecular complexity index is 196. The Morgan fingerprint density at radius 2 is 1.90 bits per heavy atom. The highest BCUT2D eigenvalue weighted by Gasteiger charge is 2.05. The second-order valence-corrected chi connectivity index (χ2v) is 7.18. The fraction of sp³-hybridized carbons (Fsp3) is 0.333. The summed E-state index contributed by atoms with van der Waals surface area (Å²) in [6.07, 6.45) is 6.83. The third-order valence-electron chi connectivity index (χ3n) is 1.34. The van der Waals surface area contributed by atoms with Gasteiger partial charge in [0, 0.05) is 0 Å². The Morgan fingerprint density at radius 1 is 1.20 bits per heavy atom. The van der Waals surface area contributed by atoms with Crippen LogP contribution in [0.5, 0.6) is 0 Å². The smallest absolute Gasteiger partial charge is 0.00271 e. The van der Waals surface area contributed by atoms with Crippen LogP contribution in [0.2, 0.25) is 0 Å². The van der Waals surface area contributed by atoms with Crippen LogP contribution >= 0.6 is 10.0 Å². The van der Waals surface area contributed by atoms with E-state index in [4.69, 9.17) is 0 Å². The normalized spacial score (nSPS) is 13.1. The second kappa shape index (κ2) is 2.67. The molecule has 1 aromatic carbocycles. The summed E-state index contributed by atoms with van der Waals surface area (Å²) in [6, 6.07) is 11.5. The summed E-state index contributed by atoms with van der Waals surface area (Å²) in [6.45, 7) is 0. The molecule has 0 amide bonds. The maximum absolute atomic E-state index is 3.25. The lowest BCUT2D eigenvalue weighted by atomic mass is 10.4. The van der Waals surface area contributed by atoms with Gasteiger partial charge in [-0.3, -0.25) is 0 Å². The first kappa shape index (κ1) is 7.67. The van der Waals surface area contributed by atoms with Gasteiger partial charge in [0.1, 0.15) is 0 Å². The molecule has 55 valence electrons. The second-order valence-electron chi connectivity index (χ2n) is 3.06. The molecule has 0 nitrogen and oxygen atoms in total. The van der Waals surface area contributed by atoms with Crippen LogP contribution in [-0.2, 0) is 0 Å². The summed E-state index contributed by atoms with van der Waals surface area (Å²) in [7, 11) is -0.558. The lowest BCUT2D eigenvalue weighted by Gasteiger charge is -2.24. The van der Waals surface area contributed by atoms with Crippen LogP contribution in [-0.4, -0.2) is 18.8 Å². The van der Waals surface area contributed by atoms with Crippen molar-refractivity contribution in [1.29, 1.82) is 0 Å². The van der Waals surface area contributed by atoms with Crippen LogP contribution in [0.1, 0.15) is 0 Å². The molecule has 1 aromatic rings. The van der Waals surface area contributed by atoms with Gasteiger partial charge in [-0.05, 0) is 35.8 Å². The van der Waals surface area contributed by atoms with Crippen LogP contribution < -0.4 is 0 Å². The SMILES string of the molecule is CS(C)(C)c1[c]cccc1. The van der Waals surface area contributed by atoms with Crippen LogP contribution in [0.4, 0.5) is 0 Å². The molecule has 0 unspecified atom stereocenters. The molecule has 0 aliphatic carbocycles. The summed E-state index contributed by atoms with van der Waals surface area (Å²) in [5.41, 5.74) is 0. The quantitative estimate of drug-likeness (QED) is 0.581. The summed E-state index contributed by atoms with van der Waals surface area (Å²) < 4.78 is 0. The lowest BCUT2D eigenvalue weighted by Crippen LogP contribution is -1.91. The Labute approximate surface area is 64.6 Å². The van der Waals surface area contributed by atoms with Gasteiger partial charge in [-0.25, -0.2) is 10.0 Å². The summed E-state index contributed by atoms with van der Waals surface area (Å²) in [5.74, 6) is 0. The monoisotopic (exact) mass is 153 g/mol. The number of hydrogen-bond acceptors (Lipinski definition) is 0. The van der Waals surface area contributed by atoms with Crippen molar-refractivity contribution < 1.29 is 0 Å². The summed E-state index contributed by atoms with van der Waals surface area (Å²) in [4.78, 5) is 1.36. The molecule has 0 aromatic heterocycles. The molecule has 0 atom stereocenters. The molecule has 0 fully saturated rings. The van der Waals surface area contributed by atoms with Crippen LogP contribution in [0, 0.1) is 6.07 Å². The molecule has 0 heterocycles. The van der Waals surface area contributed by atoms with Gasteiger partial charge in [0.05, 0.1) is 0 Å². The van der Waals surface area contributed by atoms with Gasteiger partial charge >= 0.3 is 0 Å². The van der Waals surface area contributed by atoms with E-state index in [-0.39, 0.29) is 0 Å². The van der Waals surface area contributed by atoms with E-state index in [0.29, 0.717) is 0 Å². The molecule has 0 N–H and O–H groups in total. The largest absolute Gasteiger partial charge is 0.223 e. The van der Waals surface area contributed by atoms with E-state index in [2.05, 4.69) is 37.0 Å². The van der Waals surface area contributed by atoms with Gasteiger partial charge in [-0.15, -0.1) is 0 Å². The average Bonchev–Trinajstić information content (AvgIpc) is 1.88. The average molecular weight is 153 g/mol. The van der Waals surface area contributed by atoms with Crippen molar-refractivity contribution in [3.05, 3.63) is 30.3 Å². The molecule has 1 rings (SSSR count). The molecule has 0 bridgehead atoms. The number of benzene rings is 1. The highest BCUT2D eigenvalue weighted by Crippen LogP contribution is 2.44. The van der Waals surface area contributed by atoms with Crippen molar-refractivity contribution >= 4 is 10.0 Å². The van der Waals surface area contributed by atoms with Gasteiger partial charge < -0.3 is 0 Å². The predicted octanol–water partition coefficient (Wildman–Crippen LogP) is 2.54. The molecule has 0 saturated carbocycles. The topological polar surface area (TPSA) is 0 Å². The Balaban J connectivity index is 2.97. The van der Waals surface area contributed by atoms with E-state index in [0.717, 1.165) is 0 Å². The first-order valence-electron chi connectivity index (χ1n) is 3.26. The van der Waals surface area contributed by atoms with Gasteiger partial charge in [-0.1, -0.05) is 18.2 Å². The molecule has 0 spiro atoms. The van der Waals surface area contributed by atoms with E-state index in [9.17, 15) is 0 Å². The van der Waals surface area contributed by atoms with Crippen molar-refractivity contribution in [2.24, 2.45) is 0 Å². The van der Waals surface area contributed by atoms with E-state index in [1.165, 1.54) is 4.90 Å². The molecule has 0 aliphatic heterocycles. The Hall–Kier alpha value is -0.430. The van der Waals surface area contributed by atoms with Crippen molar-refractivity contribution in [3.63, 3.8) is 0 Å². The molecule has 0 saturated heterocycles. The number of rotatable bonds is 1. The molecule has 1 radical (unpaired) electrons. The van der Waals surface area contributed by atoms with Crippen molar-refractivity contribution in [2.45, 2.75) is 4.90 Å². The van der Waals surface area contributed by atoms with Gasteiger partial charge in [0.25, 0.3) is 0 Å².